The summed E-state index contributed by atoms with van der Waals surface area (Å²) in [5.74, 6) is 0.705. The molecule has 0 aliphatic heterocycles. The van der Waals surface area contributed by atoms with Gasteiger partial charge < -0.3 is 10.1 Å². The fraction of sp³-hybridized carbons (Fsp3) is 0.429. The van der Waals surface area contributed by atoms with Crippen LogP contribution in [0.3, 0.4) is 0 Å². The number of aryl methyl sites for hydroxylation is 1. The van der Waals surface area contributed by atoms with Crippen molar-refractivity contribution >= 4 is 27.3 Å². The zero-order valence-electron chi connectivity index (χ0n) is 11.6. The van der Waals surface area contributed by atoms with Crippen molar-refractivity contribution in [3.63, 3.8) is 0 Å². The Morgan fingerprint density at radius 1 is 1.40 bits per heavy atom. The minimum absolute atomic E-state index is 0.622. The van der Waals surface area contributed by atoms with Crippen LogP contribution < -0.4 is 10.1 Å². The molecule has 2 aromatic rings. The second-order valence-corrected chi connectivity index (χ2v) is 6.21. The van der Waals surface area contributed by atoms with Crippen molar-refractivity contribution in [3.8, 4) is 5.88 Å². The first-order valence-corrected chi connectivity index (χ1v) is 8.25. The molecule has 0 aliphatic carbocycles. The van der Waals surface area contributed by atoms with Crippen molar-refractivity contribution in [2.24, 2.45) is 0 Å². The maximum atomic E-state index is 5.82. The van der Waals surface area contributed by atoms with E-state index in [4.69, 9.17) is 4.74 Å². The van der Waals surface area contributed by atoms with Gasteiger partial charge in [-0.2, -0.15) is 0 Å². The molecule has 6 heteroatoms. The third kappa shape index (κ3) is 4.26. The Morgan fingerprint density at radius 2 is 2.25 bits per heavy atom. The van der Waals surface area contributed by atoms with Gasteiger partial charge >= 0.3 is 0 Å². The van der Waals surface area contributed by atoms with Gasteiger partial charge in [-0.25, -0.2) is 9.97 Å². The van der Waals surface area contributed by atoms with E-state index in [0.717, 1.165) is 35.2 Å². The number of hydrogen-bond acceptors (Lipinski definition) is 5. The molecule has 0 aromatic carbocycles. The van der Waals surface area contributed by atoms with E-state index >= 15 is 0 Å². The molecule has 2 heterocycles. The predicted octanol–water partition coefficient (Wildman–Crippen LogP) is 3.34. The van der Waals surface area contributed by atoms with Crippen LogP contribution in [-0.2, 0) is 13.0 Å². The molecule has 0 saturated heterocycles. The van der Waals surface area contributed by atoms with E-state index in [0.29, 0.717) is 12.5 Å². The Balaban J connectivity index is 1.96. The average Bonchev–Trinajstić information content (AvgIpc) is 2.84. The minimum Gasteiger partial charge on any atom is -0.477 e. The van der Waals surface area contributed by atoms with Gasteiger partial charge in [0.05, 0.1) is 17.8 Å². The van der Waals surface area contributed by atoms with Crippen LogP contribution in [0.15, 0.2) is 22.2 Å². The molecular weight excluding hydrogens is 338 g/mol. The van der Waals surface area contributed by atoms with E-state index in [9.17, 15) is 0 Å². The molecule has 0 unspecified atom stereocenters. The molecule has 0 atom stereocenters. The van der Waals surface area contributed by atoms with E-state index < -0.39 is 0 Å². The van der Waals surface area contributed by atoms with E-state index in [1.807, 2.05) is 18.5 Å². The van der Waals surface area contributed by atoms with Crippen molar-refractivity contribution in [2.45, 2.75) is 26.8 Å². The van der Waals surface area contributed by atoms with Gasteiger partial charge in [-0.3, -0.25) is 0 Å². The molecule has 0 amide bonds. The molecule has 0 radical (unpaired) electrons. The van der Waals surface area contributed by atoms with Gasteiger partial charge in [0, 0.05) is 34.1 Å². The average molecular weight is 356 g/mol. The molecule has 4 nitrogen and oxygen atoms in total. The lowest BCUT2D eigenvalue weighted by molar-refractivity contribution is 0.305. The maximum Gasteiger partial charge on any atom is 0.217 e. The van der Waals surface area contributed by atoms with Crippen molar-refractivity contribution in [3.05, 3.63) is 38.4 Å². The quantitative estimate of drug-likeness (QED) is 0.827. The summed E-state index contributed by atoms with van der Waals surface area (Å²) < 4.78 is 6.79. The maximum absolute atomic E-state index is 5.82. The number of aromatic nitrogens is 2. The largest absolute Gasteiger partial charge is 0.477 e. The standard InChI is InChI=1S/C14H18BrN3OS/c1-3-16-7-11-6-12(15)8-17-14(11)19-5-4-13-10(2)18-9-20-13/h6,8-9,16H,3-5,7H2,1-2H3. The van der Waals surface area contributed by atoms with Gasteiger partial charge in [0.25, 0.3) is 0 Å². The number of thiazole rings is 1. The summed E-state index contributed by atoms with van der Waals surface area (Å²) in [5.41, 5.74) is 4.04. The lowest BCUT2D eigenvalue weighted by atomic mass is 10.2. The normalized spacial score (nSPS) is 10.8. The summed E-state index contributed by atoms with van der Waals surface area (Å²) in [4.78, 5) is 9.87. The van der Waals surface area contributed by atoms with Crippen LogP contribution in [0.2, 0.25) is 0 Å². The Bertz CT molecular complexity index is 559. The van der Waals surface area contributed by atoms with Crippen LogP contribution in [0.1, 0.15) is 23.1 Å². The highest BCUT2D eigenvalue weighted by Crippen LogP contribution is 2.21. The second-order valence-electron chi connectivity index (χ2n) is 4.36. The topological polar surface area (TPSA) is 47.0 Å². The smallest absolute Gasteiger partial charge is 0.217 e. The van der Waals surface area contributed by atoms with Crippen LogP contribution in [0.5, 0.6) is 5.88 Å². The van der Waals surface area contributed by atoms with Gasteiger partial charge in [0.1, 0.15) is 0 Å². The van der Waals surface area contributed by atoms with Crippen LogP contribution in [0.4, 0.5) is 0 Å². The first-order chi connectivity index (χ1) is 9.70. The number of nitrogens with one attached hydrogen (secondary N) is 1. The first-order valence-electron chi connectivity index (χ1n) is 6.57. The second kappa shape index (κ2) is 7.71. The Hall–Kier alpha value is -0.980. The fourth-order valence-electron chi connectivity index (χ4n) is 1.79. The number of pyridine rings is 1. The van der Waals surface area contributed by atoms with Crippen LogP contribution in [0, 0.1) is 6.92 Å². The zero-order chi connectivity index (χ0) is 14.4. The molecule has 20 heavy (non-hydrogen) atoms. The summed E-state index contributed by atoms with van der Waals surface area (Å²) in [6.07, 6.45) is 2.64. The summed E-state index contributed by atoms with van der Waals surface area (Å²) in [6.45, 7) is 6.42. The monoisotopic (exact) mass is 355 g/mol. The highest BCUT2D eigenvalue weighted by molar-refractivity contribution is 9.10. The molecule has 0 saturated carbocycles. The van der Waals surface area contributed by atoms with Gasteiger partial charge in [0.15, 0.2) is 0 Å². The predicted molar refractivity (Wildman–Crippen MR) is 85.4 cm³/mol. The number of nitrogens with zero attached hydrogens (tertiary/aromatic N) is 2. The van der Waals surface area contributed by atoms with Crippen LogP contribution in [0.25, 0.3) is 0 Å². The van der Waals surface area contributed by atoms with Crippen molar-refractivity contribution in [1.82, 2.24) is 15.3 Å². The van der Waals surface area contributed by atoms with Gasteiger partial charge in [-0.15, -0.1) is 11.3 Å². The molecule has 108 valence electrons. The molecular formula is C14H18BrN3OS. The van der Waals surface area contributed by atoms with Gasteiger partial charge in [0.2, 0.25) is 5.88 Å². The van der Waals surface area contributed by atoms with Gasteiger partial charge in [-0.1, -0.05) is 6.92 Å². The van der Waals surface area contributed by atoms with Gasteiger partial charge in [-0.05, 0) is 35.5 Å². The molecule has 0 bridgehead atoms. The van der Waals surface area contributed by atoms with E-state index in [1.165, 1.54) is 4.88 Å². The Morgan fingerprint density at radius 3 is 2.95 bits per heavy atom. The summed E-state index contributed by atoms with van der Waals surface area (Å²) >= 11 is 5.12. The summed E-state index contributed by atoms with van der Waals surface area (Å²) in [6, 6.07) is 2.04. The number of rotatable bonds is 7. The third-order valence-electron chi connectivity index (χ3n) is 2.87. The molecule has 0 fully saturated rings. The zero-order valence-corrected chi connectivity index (χ0v) is 14.1. The number of halogens is 1. The Kier molecular flexibility index (Phi) is 5.94. The van der Waals surface area contributed by atoms with E-state index in [2.05, 4.69) is 38.1 Å². The molecule has 0 spiro atoms. The number of hydrogen-bond donors (Lipinski definition) is 1. The Labute approximate surface area is 131 Å². The summed E-state index contributed by atoms with van der Waals surface area (Å²) in [5, 5.41) is 3.30. The van der Waals surface area contributed by atoms with Crippen LogP contribution >= 0.6 is 27.3 Å². The molecule has 1 N–H and O–H groups in total. The fourth-order valence-corrected chi connectivity index (χ4v) is 2.93. The van der Waals surface area contributed by atoms with Crippen molar-refractivity contribution < 1.29 is 4.74 Å². The van der Waals surface area contributed by atoms with E-state index in [1.54, 1.807) is 17.5 Å². The van der Waals surface area contributed by atoms with Crippen molar-refractivity contribution in [2.75, 3.05) is 13.2 Å². The molecule has 0 aliphatic rings. The number of ether oxygens (including phenoxy) is 1. The van der Waals surface area contributed by atoms with Crippen molar-refractivity contribution in [1.29, 1.82) is 0 Å². The van der Waals surface area contributed by atoms with Crippen LogP contribution in [-0.4, -0.2) is 23.1 Å². The van der Waals surface area contributed by atoms with E-state index in [-0.39, 0.29) is 0 Å². The lowest BCUT2D eigenvalue weighted by Gasteiger charge is -2.11. The lowest BCUT2D eigenvalue weighted by Crippen LogP contribution is -2.14. The summed E-state index contributed by atoms with van der Waals surface area (Å²) in [7, 11) is 0. The molecule has 2 rings (SSSR count). The first kappa shape index (κ1) is 15.4. The highest BCUT2D eigenvalue weighted by Gasteiger charge is 2.07. The minimum atomic E-state index is 0.622. The molecule has 2 aromatic heterocycles. The highest BCUT2D eigenvalue weighted by atomic mass is 79.9. The third-order valence-corrected chi connectivity index (χ3v) is 4.30. The SMILES string of the molecule is CCNCc1cc(Br)cnc1OCCc1scnc1C.